The second-order valence-electron chi connectivity index (χ2n) is 8.92. The van der Waals surface area contributed by atoms with Gasteiger partial charge in [0.2, 0.25) is 0 Å². The first-order chi connectivity index (χ1) is 16.3. The van der Waals surface area contributed by atoms with Gasteiger partial charge < -0.3 is 4.40 Å². The Morgan fingerprint density at radius 1 is 0.667 bits per heavy atom. The van der Waals surface area contributed by atoms with Gasteiger partial charge in [0.05, 0.1) is 22.2 Å². The summed E-state index contributed by atoms with van der Waals surface area (Å²) >= 11 is 1.90. The fraction of sp³-hybridized carbons (Fsp3) is 0.0333. The molecule has 154 valence electrons. The van der Waals surface area contributed by atoms with Crippen molar-refractivity contribution in [2.75, 3.05) is 0 Å². The second-order valence-corrected chi connectivity index (χ2v) is 10.0. The molecule has 0 fully saturated rings. The quantitative estimate of drug-likeness (QED) is 0.251. The van der Waals surface area contributed by atoms with Crippen LogP contribution < -0.4 is 0 Å². The summed E-state index contributed by atoms with van der Waals surface area (Å²) < 4.78 is 5.17. The Morgan fingerprint density at radius 3 is 2.36 bits per heavy atom. The lowest BCUT2D eigenvalue weighted by molar-refractivity contribution is 1.27. The highest BCUT2D eigenvalue weighted by Gasteiger charge is 2.22. The average molecular weight is 439 g/mol. The molecule has 0 saturated carbocycles. The van der Waals surface area contributed by atoms with Crippen molar-refractivity contribution >= 4 is 69.6 Å². The van der Waals surface area contributed by atoms with E-state index in [1.165, 1.54) is 63.8 Å². The highest BCUT2D eigenvalue weighted by Crippen LogP contribution is 2.47. The smallest absolute Gasteiger partial charge is 0.0702 e. The third-order valence-electron chi connectivity index (χ3n) is 7.01. The number of nitrogens with zero attached hydrogens (tertiary/aromatic N) is 2. The van der Waals surface area contributed by atoms with E-state index >= 15 is 0 Å². The Bertz CT molecular complexity index is 2020. The van der Waals surface area contributed by atoms with Gasteiger partial charge in [-0.25, -0.2) is 0 Å². The van der Waals surface area contributed by atoms with E-state index in [2.05, 4.69) is 101 Å². The summed E-state index contributed by atoms with van der Waals surface area (Å²) in [5.41, 5.74) is 7.22. The van der Waals surface area contributed by atoms with Crippen LogP contribution in [-0.2, 0) is 0 Å². The van der Waals surface area contributed by atoms with Crippen LogP contribution in [0.2, 0.25) is 0 Å². The molecule has 4 aromatic heterocycles. The summed E-state index contributed by atoms with van der Waals surface area (Å²) in [6.45, 7) is 2.08. The van der Waals surface area contributed by atoms with Crippen LogP contribution in [-0.4, -0.2) is 9.38 Å². The van der Waals surface area contributed by atoms with Crippen LogP contribution in [0.4, 0.5) is 0 Å². The van der Waals surface area contributed by atoms with Gasteiger partial charge in [-0.3, -0.25) is 4.98 Å². The summed E-state index contributed by atoms with van der Waals surface area (Å²) in [5, 5.41) is 8.06. The summed E-state index contributed by atoms with van der Waals surface area (Å²) in [4.78, 5) is 4.68. The number of aromatic nitrogens is 2. The Hall–Kier alpha value is -3.95. The monoisotopic (exact) mass is 438 g/mol. The molecule has 4 aromatic carbocycles. The first kappa shape index (κ1) is 17.6. The molecule has 2 nitrogen and oxygen atoms in total. The molecule has 0 aliphatic heterocycles. The molecule has 0 radical (unpaired) electrons. The van der Waals surface area contributed by atoms with Gasteiger partial charge in [-0.05, 0) is 48.9 Å². The maximum absolute atomic E-state index is 4.68. The molecule has 8 aromatic rings. The van der Waals surface area contributed by atoms with Gasteiger partial charge in [0.1, 0.15) is 0 Å². The van der Waals surface area contributed by atoms with Gasteiger partial charge in [-0.2, -0.15) is 0 Å². The zero-order valence-electron chi connectivity index (χ0n) is 18.0. The Kier molecular flexibility index (Phi) is 3.25. The van der Waals surface area contributed by atoms with Crippen LogP contribution in [0.3, 0.4) is 0 Å². The summed E-state index contributed by atoms with van der Waals surface area (Å²) in [5.74, 6) is 0. The number of hydrogen-bond acceptors (Lipinski definition) is 2. The number of para-hydroxylation sites is 1. The fourth-order valence-corrected chi connectivity index (χ4v) is 6.73. The van der Waals surface area contributed by atoms with E-state index in [9.17, 15) is 0 Å². The van der Waals surface area contributed by atoms with Crippen molar-refractivity contribution in [2.45, 2.75) is 6.92 Å². The molecule has 0 spiro atoms. The predicted octanol–water partition coefficient (Wildman–Crippen LogP) is 8.58. The number of rotatable bonds is 1. The molecule has 0 bridgehead atoms. The van der Waals surface area contributed by atoms with Gasteiger partial charge in [0.15, 0.2) is 0 Å². The Labute approximate surface area is 193 Å². The minimum Gasteiger partial charge on any atom is -0.308 e. The molecule has 0 aliphatic rings. The van der Waals surface area contributed by atoms with E-state index in [0.717, 1.165) is 11.3 Å². The minimum atomic E-state index is 1.02. The van der Waals surface area contributed by atoms with Crippen molar-refractivity contribution < 1.29 is 0 Å². The van der Waals surface area contributed by atoms with E-state index in [0.29, 0.717) is 0 Å². The molecular weight excluding hydrogens is 420 g/mol. The molecule has 0 N–H and O–H groups in total. The van der Waals surface area contributed by atoms with Crippen LogP contribution in [0.15, 0.2) is 91.1 Å². The van der Waals surface area contributed by atoms with Crippen LogP contribution in [0.1, 0.15) is 5.56 Å². The third kappa shape index (κ3) is 2.20. The SMILES string of the molecule is Cc1ccc(-c2ccc3c(c2)c2cc4sc5ccccc5c4c4c5ccccc5n3c24)nc1. The molecule has 0 aliphatic carbocycles. The Balaban J connectivity index is 1.61. The van der Waals surface area contributed by atoms with Crippen molar-refractivity contribution in [2.24, 2.45) is 0 Å². The normalized spacial score (nSPS) is 12.4. The number of aryl methyl sites for hydroxylation is 1. The largest absolute Gasteiger partial charge is 0.308 e. The van der Waals surface area contributed by atoms with Gasteiger partial charge in [0.25, 0.3) is 0 Å². The number of pyridine rings is 1. The highest BCUT2D eigenvalue weighted by molar-refractivity contribution is 7.26. The molecule has 0 saturated heterocycles. The second kappa shape index (κ2) is 6.09. The fourth-order valence-electron chi connectivity index (χ4n) is 5.57. The predicted molar refractivity (Wildman–Crippen MR) is 142 cm³/mol. The third-order valence-corrected chi connectivity index (χ3v) is 8.13. The summed E-state index contributed by atoms with van der Waals surface area (Å²) in [6, 6.07) is 31.1. The van der Waals surface area contributed by atoms with Crippen molar-refractivity contribution in [1.29, 1.82) is 0 Å². The lowest BCUT2D eigenvalue weighted by atomic mass is 10.0. The summed E-state index contributed by atoms with van der Waals surface area (Å²) in [6.07, 6.45) is 1.95. The molecule has 0 amide bonds. The molecule has 0 atom stereocenters. The van der Waals surface area contributed by atoms with Crippen LogP contribution in [0.5, 0.6) is 0 Å². The zero-order chi connectivity index (χ0) is 21.7. The van der Waals surface area contributed by atoms with Crippen molar-refractivity contribution in [1.82, 2.24) is 9.38 Å². The first-order valence-corrected chi connectivity index (χ1v) is 12.0. The van der Waals surface area contributed by atoms with E-state index in [1.54, 1.807) is 0 Å². The number of benzene rings is 4. The minimum absolute atomic E-state index is 1.02. The van der Waals surface area contributed by atoms with E-state index in [1.807, 2.05) is 17.5 Å². The molecule has 33 heavy (non-hydrogen) atoms. The van der Waals surface area contributed by atoms with E-state index < -0.39 is 0 Å². The van der Waals surface area contributed by atoms with Gasteiger partial charge in [0, 0.05) is 53.5 Å². The van der Waals surface area contributed by atoms with E-state index in [-0.39, 0.29) is 0 Å². The lowest BCUT2D eigenvalue weighted by Crippen LogP contribution is -1.85. The zero-order valence-corrected chi connectivity index (χ0v) is 18.8. The van der Waals surface area contributed by atoms with Crippen LogP contribution in [0.25, 0.3) is 69.5 Å². The van der Waals surface area contributed by atoms with Crippen molar-refractivity contribution in [3.8, 4) is 11.3 Å². The summed E-state index contributed by atoms with van der Waals surface area (Å²) in [7, 11) is 0. The number of thiophene rings is 1. The standard InChI is InChI=1S/C30H18N2S/c1-17-10-12-23(31-16-17)18-11-13-25-21(14-18)22-15-27-28(20-7-3-5-9-26(20)33-27)29-19-6-2-4-8-24(19)32(25)30(22)29/h2-16H,1H3. The Morgan fingerprint density at radius 2 is 1.48 bits per heavy atom. The highest BCUT2D eigenvalue weighted by atomic mass is 32.1. The van der Waals surface area contributed by atoms with Gasteiger partial charge >= 0.3 is 0 Å². The van der Waals surface area contributed by atoms with Crippen molar-refractivity contribution in [3.63, 3.8) is 0 Å². The van der Waals surface area contributed by atoms with Crippen LogP contribution >= 0.6 is 11.3 Å². The maximum Gasteiger partial charge on any atom is 0.0702 e. The van der Waals surface area contributed by atoms with Crippen molar-refractivity contribution in [3.05, 3.63) is 96.7 Å². The van der Waals surface area contributed by atoms with Gasteiger partial charge in [-0.1, -0.05) is 48.5 Å². The maximum atomic E-state index is 4.68. The molecule has 4 heterocycles. The van der Waals surface area contributed by atoms with E-state index in [4.69, 9.17) is 0 Å². The van der Waals surface area contributed by atoms with Crippen LogP contribution in [0, 0.1) is 6.92 Å². The first-order valence-electron chi connectivity index (χ1n) is 11.2. The molecule has 3 heteroatoms. The number of hydrogen-bond donors (Lipinski definition) is 0. The number of fused-ring (bicyclic) bond motifs is 10. The average Bonchev–Trinajstić information content (AvgIpc) is 3.49. The van der Waals surface area contributed by atoms with Gasteiger partial charge in [-0.15, -0.1) is 11.3 Å². The lowest BCUT2D eigenvalue weighted by Gasteiger charge is -2.03. The molecule has 8 rings (SSSR count). The molecule has 0 unspecified atom stereocenters. The molecular formula is C30H18N2S. The topological polar surface area (TPSA) is 17.3 Å².